The predicted molar refractivity (Wildman–Crippen MR) is 82.3 cm³/mol. The summed E-state index contributed by atoms with van der Waals surface area (Å²) in [5.74, 6) is 2.45. The van der Waals surface area contributed by atoms with E-state index in [2.05, 4.69) is 27.4 Å². The zero-order valence-corrected chi connectivity index (χ0v) is 14.1. The number of benzene rings is 2. The van der Waals surface area contributed by atoms with Crippen LogP contribution >= 0.6 is 0 Å². The van der Waals surface area contributed by atoms with Crippen molar-refractivity contribution in [2.75, 3.05) is 13.1 Å². The second-order valence-corrected chi connectivity index (χ2v) is 7.19. The van der Waals surface area contributed by atoms with E-state index in [-0.39, 0.29) is 21.3 Å². The molecule has 0 spiro atoms. The summed E-state index contributed by atoms with van der Waals surface area (Å²) in [7, 11) is 0. The third-order valence-electron chi connectivity index (χ3n) is 3.91. The van der Waals surface area contributed by atoms with Crippen LogP contribution in [0.15, 0.2) is 54.6 Å². The van der Waals surface area contributed by atoms with Crippen LogP contribution in [0.1, 0.15) is 24.3 Å². The first kappa shape index (κ1) is 14.9. The van der Waals surface area contributed by atoms with Crippen LogP contribution in [0, 0.1) is 0 Å². The van der Waals surface area contributed by atoms with Crippen LogP contribution in [0.5, 0.6) is 11.5 Å². The molecular weight excluding hydrogens is 372 g/mol. The van der Waals surface area contributed by atoms with Gasteiger partial charge in [-0.25, -0.2) is 0 Å². The Morgan fingerprint density at radius 3 is 2.14 bits per heavy atom. The molecule has 0 saturated carbocycles. The Morgan fingerprint density at radius 1 is 0.905 bits per heavy atom. The van der Waals surface area contributed by atoms with Crippen molar-refractivity contribution in [3.8, 4) is 11.5 Å². The van der Waals surface area contributed by atoms with Gasteiger partial charge in [0, 0.05) is 0 Å². The van der Waals surface area contributed by atoms with Gasteiger partial charge in [-0.05, 0) is 0 Å². The van der Waals surface area contributed by atoms with Gasteiger partial charge in [0.05, 0.1) is 0 Å². The Labute approximate surface area is 138 Å². The van der Waals surface area contributed by atoms with Crippen LogP contribution in [0.4, 0.5) is 0 Å². The van der Waals surface area contributed by atoms with Crippen LogP contribution in [0.2, 0.25) is 0 Å². The molecule has 1 saturated heterocycles. The van der Waals surface area contributed by atoms with Gasteiger partial charge in [0.2, 0.25) is 0 Å². The van der Waals surface area contributed by atoms with Crippen LogP contribution < -0.4 is 26.0 Å². The molecule has 2 aromatic carbocycles. The molecule has 0 bridgehead atoms. The minimum absolute atomic E-state index is 0.224. The van der Waals surface area contributed by atoms with Crippen molar-refractivity contribution in [1.29, 1.82) is 0 Å². The molecule has 1 aliphatic rings. The molecule has 1 aliphatic heterocycles. The molecule has 2 nitrogen and oxygen atoms in total. The van der Waals surface area contributed by atoms with Gasteiger partial charge in [0.15, 0.2) is 0 Å². The van der Waals surface area contributed by atoms with Crippen molar-refractivity contribution in [1.82, 2.24) is 3.11 Å². The van der Waals surface area contributed by atoms with Crippen LogP contribution in [-0.4, -0.2) is 21.9 Å². The van der Waals surface area contributed by atoms with Crippen LogP contribution in [0.25, 0.3) is 0 Å². The first-order chi connectivity index (χ1) is 10.3. The van der Waals surface area contributed by atoms with E-state index in [0.29, 0.717) is 5.92 Å². The minimum atomic E-state index is -0.224. The number of para-hydroxylation sites is 1. The van der Waals surface area contributed by atoms with Crippen LogP contribution in [0.3, 0.4) is 0 Å². The summed E-state index contributed by atoms with van der Waals surface area (Å²) in [6, 6.07) is 18.5. The van der Waals surface area contributed by atoms with E-state index < -0.39 is 0 Å². The SMILES string of the molecule is [B][I-]N1CCC(c2ccc(Oc3ccccc3)cc2)CC1. The first-order valence-corrected chi connectivity index (χ1v) is 9.48. The van der Waals surface area contributed by atoms with Gasteiger partial charge in [0.1, 0.15) is 0 Å². The second kappa shape index (κ2) is 7.32. The van der Waals surface area contributed by atoms with Gasteiger partial charge in [-0.1, -0.05) is 6.07 Å². The molecule has 0 aromatic heterocycles. The summed E-state index contributed by atoms with van der Waals surface area (Å²) < 4.78 is 8.25. The number of ether oxygens (including phenoxy) is 1. The number of piperidine rings is 1. The van der Waals surface area contributed by atoms with E-state index in [4.69, 9.17) is 10.4 Å². The molecule has 0 amide bonds. The fraction of sp³-hybridized carbons (Fsp3) is 0.294. The average molecular weight is 390 g/mol. The fourth-order valence-electron chi connectivity index (χ4n) is 2.71. The summed E-state index contributed by atoms with van der Waals surface area (Å²) >= 11 is -0.224. The van der Waals surface area contributed by atoms with Gasteiger partial charge in [-0.15, -0.1) is 0 Å². The van der Waals surface area contributed by atoms with E-state index in [9.17, 15) is 0 Å². The van der Waals surface area contributed by atoms with Gasteiger partial charge in [0.25, 0.3) is 0 Å². The predicted octanol–water partition coefficient (Wildman–Crippen LogP) is 0.746. The second-order valence-electron chi connectivity index (χ2n) is 5.27. The molecule has 3 rings (SSSR count). The average Bonchev–Trinajstić information content (AvgIpc) is 2.57. The Hall–Kier alpha value is -1.01. The van der Waals surface area contributed by atoms with E-state index in [1.807, 2.05) is 30.3 Å². The number of nitrogens with zero attached hydrogens (tertiary/aromatic N) is 1. The molecular formula is C17H18BINO-. The Balaban J connectivity index is 1.62. The summed E-state index contributed by atoms with van der Waals surface area (Å²) in [4.78, 5) is 0. The number of hydrogen-bond donors (Lipinski definition) is 0. The Kier molecular flexibility index (Phi) is 5.20. The van der Waals surface area contributed by atoms with E-state index >= 15 is 0 Å². The topological polar surface area (TPSA) is 12.5 Å². The molecule has 21 heavy (non-hydrogen) atoms. The first-order valence-electron chi connectivity index (χ1n) is 7.27. The van der Waals surface area contributed by atoms with Crippen LogP contribution in [-0.2, 0) is 0 Å². The van der Waals surface area contributed by atoms with Gasteiger partial charge in [-0.3, -0.25) is 0 Å². The molecule has 1 fully saturated rings. The van der Waals surface area contributed by atoms with Crippen molar-refractivity contribution in [3.63, 3.8) is 0 Å². The third kappa shape index (κ3) is 4.01. The molecule has 1 heterocycles. The number of halogens is 1. The molecule has 0 atom stereocenters. The molecule has 0 N–H and O–H groups in total. The van der Waals surface area contributed by atoms with Crippen molar-refractivity contribution in [2.24, 2.45) is 0 Å². The normalized spacial score (nSPS) is 17.0. The quantitative estimate of drug-likeness (QED) is 0.434. The zero-order valence-electron chi connectivity index (χ0n) is 11.9. The summed E-state index contributed by atoms with van der Waals surface area (Å²) in [6.45, 7) is 2.30. The van der Waals surface area contributed by atoms with Crippen molar-refractivity contribution < 1.29 is 26.0 Å². The number of rotatable bonds is 4. The van der Waals surface area contributed by atoms with E-state index in [1.54, 1.807) is 0 Å². The molecule has 108 valence electrons. The third-order valence-corrected chi connectivity index (χ3v) is 5.66. The number of hydrogen-bond acceptors (Lipinski definition) is 2. The van der Waals surface area contributed by atoms with Gasteiger partial charge >= 0.3 is 132 Å². The molecule has 2 radical (unpaired) electrons. The van der Waals surface area contributed by atoms with Crippen molar-refractivity contribution >= 4 is 5.70 Å². The molecule has 0 unspecified atom stereocenters. The molecule has 0 aliphatic carbocycles. The Bertz CT molecular complexity index is 553. The fourth-order valence-corrected chi connectivity index (χ4v) is 3.83. The van der Waals surface area contributed by atoms with Gasteiger partial charge in [-0.2, -0.15) is 0 Å². The zero-order chi connectivity index (χ0) is 14.5. The summed E-state index contributed by atoms with van der Waals surface area (Å²) in [5, 5.41) is 0. The van der Waals surface area contributed by atoms with Crippen molar-refractivity contribution in [2.45, 2.75) is 18.8 Å². The van der Waals surface area contributed by atoms with E-state index in [0.717, 1.165) is 24.6 Å². The molecule has 4 heteroatoms. The maximum atomic E-state index is 5.83. The van der Waals surface area contributed by atoms with Crippen molar-refractivity contribution in [3.05, 3.63) is 60.2 Å². The summed E-state index contributed by atoms with van der Waals surface area (Å²) in [5.41, 5.74) is 7.22. The molecule has 2 aromatic rings. The van der Waals surface area contributed by atoms with E-state index in [1.165, 1.54) is 18.4 Å². The standard InChI is InChI=1S/C17H18BINO/c18-19-20-12-10-15(11-13-20)14-6-8-17(9-7-14)21-16-4-2-1-3-5-16/h1-9,15H,10-13H2/q-1. The maximum absolute atomic E-state index is 5.83. The monoisotopic (exact) mass is 390 g/mol. The summed E-state index contributed by atoms with van der Waals surface area (Å²) in [6.07, 6.45) is 2.44. The van der Waals surface area contributed by atoms with Gasteiger partial charge < -0.3 is 0 Å². The Morgan fingerprint density at radius 2 is 1.52 bits per heavy atom.